The molecular weight excluding hydrogens is 384 g/mol. The molecule has 0 N–H and O–H groups in total. The number of methoxy groups -OCH3 is 1. The van der Waals surface area contributed by atoms with E-state index in [0.29, 0.717) is 19.3 Å². The standard InChI is InChI=1S/C24H30O6/c1-21-7-4-14(25)10-13(21)11-15(20(27)28-3)19-16-5-8-23(9-6-18(26)30-23)22(16,2)12-17-24(19,21)29-17/h10,15-17,19H,4-9,11-12H2,1-3H3/t15-,16+,17-,19+,21+,22+,23-,24+/m1/s1. The molecule has 2 heterocycles. The van der Waals surface area contributed by atoms with Crippen LogP contribution in [0.3, 0.4) is 0 Å². The van der Waals surface area contributed by atoms with Gasteiger partial charge in [-0.25, -0.2) is 0 Å². The highest BCUT2D eigenvalue weighted by atomic mass is 16.6. The van der Waals surface area contributed by atoms with Gasteiger partial charge in [-0.3, -0.25) is 14.4 Å². The smallest absolute Gasteiger partial charge is 0.309 e. The predicted molar refractivity (Wildman–Crippen MR) is 105 cm³/mol. The van der Waals surface area contributed by atoms with E-state index >= 15 is 0 Å². The van der Waals surface area contributed by atoms with E-state index in [1.165, 1.54) is 7.11 Å². The van der Waals surface area contributed by atoms with Crippen molar-refractivity contribution < 1.29 is 28.6 Å². The maximum Gasteiger partial charge on any atom is 0.309 e. The van der Waals surface area contributed by atoms with Crippen molar-refractivity contribution in [1.29, 1.82) is 0 Å². The van der Waals surface area contributed by atoms with Crippen LogP contribution in [0.1, 0.15) is 65.2 Å². The number of hydrogen-bond acceptors (Lipinski definition) is 6. The third kappa shape index (κ3) is 1.94. The summed E-state index contributed by atoms with van der Waals surface area (Å²) in [4.78, 5) is 37.4. The molecule has 6 aliphatic rings. The van der Waals surface area contributed by atoms with Gasteiger partial charge in [-0.05, 0) is 50.5 Å². The van der Waals surface area contributed by atoms with Crippen molar-refractivity contribution in [3.05, 3.63) is 11.6 Å². The van der Waals surface area contributed by atoms with Crippen LogP contribution in [0.15, 0.2) is 11.6 Å². The fourth-order valence-electron chi connectivity index (χ4n) is 8.69. The summed E-state index contributed by atoms with van der Waals surface area (Å²) in [6.45, 7) is 4.51. The van der Waals surface area contributed by atoms with Crippen LogP contribution in [-0.2, 0) is 28.6 Å². The average Bonchev–Trinajstić information content (AvgIpc) is 3.20. The number of ketones is 1. The largest absolute Gasteiger partial charge is 0.469 e. The summed E-state index contributed by atoms with van der Waals surface area (Å²) in [5, 5.41) is 0. The first-order valence-electron chi connectivity index (χ1n) is 11.4. The zero-order chi connectivity index (χ0) is 21.1. The van der Waals surface area contributed by atoms with Crippen molar-refractivity contribution in [3.8, 4) is 0 Å². The minimum atomic E-state index is -0.424. The summed E-state index contributed by atoms with van der Waals surface area (Å²) in [7, 11) is 1.45. The van der Waals surface area contributed by atoms with E-state index in [1.807, 2.05) is 0 Å². The highest BCUT2D eigenvalue weighted by Crippen LogP contribution is 2.78. The van der Waals surface area contributed by atoms with E-state index in [2.05, 4.69) is 13.8 Å². The summed E-state index contributed by atoms with van der Waals surface area (Å²) in [5.41, 5.74) is -0.175. The maximum absolute atomic E-state index is 13.0. The van der Waals surface area contributed by atoms with Gasteiger partial charge in [0.05, 0.1) is 19.1 Å². The van der Waals surface area contributed by atoms with Gasteiger partial charge in [-0.1, -0.05) is 19.4 Å². The molecular formula is C24H30O6. The minimum absolute atomic E-state index is 0.0303. The van der Waals surface area contributed by atoms with Crippen LogP contribution in [-0.4, -0.2) is 42.1 Å². The number of esters is 2. The first-order chi connectivity index (χ1) is 14.2. The molecule has 0 bridgehead atoms. The molecule has 2 aliphatic heterocycles. The van der Waals surface area contributed by atoms with Gasteiger partial charge in [-0.15, -0.1) is 0 Å². The number of ether oxygens (including phenoxy) is 3. The van der Waals surface area contributed by atoms with Gasteiger partial charge >= 0.3 is 11.9 Å². The van der Waals surface area contributed by atoms with Gasteiger partial charge in [-0.2, -0.15) is 0 Å². The third-order valence-corrected chi connectivity index (χ3v) is 10.2. The second-order valence-corrected chi connectivity index (χ2v) is 11.0. The number of carbonyl (C=O) groups excluding carboxylic acids is 3. The Morgan fingerprint density at radius 3 is 2.67 bits per heavy atom. The summed E-state index contributed by atoms with van der Waals surface area (Å²) >= 11 is 0. The van der Waals surface area contributed by atoms with Gasteiger partial charge in [0, 0.05) is 29.6 Å². The van der Waals surface area contributed by atoms with Crippen molar-refractivity contribution in [1.82, 2.24) is 0 Å². The monoisotopic (exact) mass is 414 g/mol. The predicted octanol–water partition coefficient (Wildman–Crippen LogP) is 3.12. The van der Waals surface area contributed by atoms with Crippen molar-refractivity contribution in [2.45, 2.75) is 82.5 Å². The Labute approximate surface area is 176 Å². The molecule has 4 aliphatic carbocycles. The lowest BCUT2D eigenvalue weighted by molar-refractivity contribution is -0.172. The molecule has 30 heavy (non-hydrogen) atoms. The summed E-state index contributed by atoms with van der Waals surface area (Å²) in [6, 6.07) is 0. The normalized spacial score (nSPS) is 53.2. The SMILES string of the molecule is COC(=O)[C@@H]1CC2=CC(=O)CC[C@]2(C)[C@]23O[C@@H]2C[C@@]2(C)[C@@H](CC[C@@]24CCC(=O)O4)[C@H]13. The molecule has 6 heteroatoms. The summed E-state index contributed by atoms with van der Waals surface area (Å²) in [5.74, 6) is -0.201. The van der Waals surface area contributed by atoms with Crippen molar-refractivity contribution >= 4 is 17.7 Å². The third-order valence-electron chi connectivity index (χ3n) is 10.2. The Kier molecular flexibility index (Phi) is 3.53. The number of fused-ring (bicyclic) bond motifs is 4. The Morgan fingerprint density at radius 1 is 1.17 bits per heavy atom. The van der Waals surface area contributed by atoms with Crippen LogP contribution in [0, 0.1) is 28.6 Å². The lowest BCUT2D eigenvalue weighted by Gasteiger charge is -2.58. The molecule has 0 aromatic carbocycles. The number of epoxide rings is 1. The van der Waals surface area contributed by atoms with Crippen molar-refractivity contribution in [2.24, 2.45) is 28.6 Å². The zero-order valence-electron chi connectivity index (χ0n) is 18.0. The van der Waals surface area contributed by atoms with Crippen LogP contribution in [0.4, 0.5) is 0 Å². The molecule has 6 rings (SSSR count). The van der Waals surface area contributed by atoms with Gasteiger partial charge < -0.3 is 14.2 Å². The quantitative estimate of drug-likeness (QED) is 0.484. The molecule has 6 nitrogen and oxygen atoms in total. The number of rotatable bonds is 1. The molecule has 2 spiro atoms. The van der Waals surface area contributed by atoms with Crippen LogP contribution < -0.4 is 0 Å². The van der Waals surface area contributed by atoms with E-state index in [9.17, 15) is 14.4 Å². The Hall–Kier alpha value is -1.69. The average molecular weight is 414 g/mol. The molecule has 162 valence electrons. The van der Waals surface area contributed by atoms with E-state index in [0.717, 1.165) is 37.7 Å². The summed E-state index contributed by atoms with van der Waals surface area (Å²) < 4.78 is 17.9. The van der Waals surface area contributed by atoms with Gasteiger partial charge in [0.1, 0.15) is 11.2 Å². The molecule has 0 aromatic heterocycles. The molecule has 0 unspecified atom stereocenters. The van der Waals surface area contributed by atoms with Crippen molar-refractivity contribution in [3.63, 3.8) is 0 Å². The molecule has 8 atom stereocenters. The molecule has 3 saturated carbocycles. The highest BCUT2D eigenvalue weighted by Gasteiger charge is 2.83. The Morgan fingerprint density at radius 2 is 1.97 bits per heavy atom. The number of carbonyl (C=O) groups is 3. The fraction of sp³-hybridized carbons (Fsp3) is 0.792. The molecule has 5 fully saturated rings. The van der Waals surface area contributed by atoms with Gasteiger partial charge in [0.25, 0.3) is 0 Å². The molecule has 0 amide bonds. The highest BCUT2D eigenvalue weighted by molar-refractivity contribution is 5.92. The second-order valence-electron chi connectivity index (χ2n) is 11.0. The van der Waals surface area contributed by atoms with Crippen LogP contribution in [0.25, 0.3) is 0 Å². The zero-order valence-corrected chi connectivity index (χ0v) is 18.0. The first kappa shape index (κ1) is 19.0. The second kappa shape index (κ2) is 5.56. The van der Waals surface area contributed by atoms with Crippen LogP contribution >= 0.6 is 0 Å². The van der Waals surface area contributed by atoms with E-state index in [4.69, 9.17) is 14.2 Å². The lowest BCUT2D eigenvalue weighted by atomic mass is 9.43. The molecule has 0 radical (unpaired) electrons. The molecule has 0 aromatic rings. The van der Waals surface area contributed by atoms with Crippen molar-refractivity contribution in [2.75, 3.05) is 7.11 Å². The molecule has 2 saturated heterocycles. The number of hydrogen-bond donors (Lipinski definition) is 0. The Bertz CT molecular complexity index is 907. The van der Waals surface area contributed by atoms with E-state index in [-0.39, 0.29) is 52.4 Å². The van der Waals surface area contributed by atoms with Crippen LogP contribution in [0.5, 0.6) is 0 Å². The van der Waals surface area contributed by atoms with Crippen LogP contribution in [0.2, 0.25) is 0 Å². The topological polar surface area (TPSA) is 82.2 Å². The maximum atomic E-state index is 13.0. The lowest BCUT2D eigenvalue weighted by Crippen LogP contribution is -2.63. The van der Waals surface area contributed by atoms with E-state index < -0.39 is 11.2 Å². The van der Waals surface area contributed by atoms with Gasteiger partial charge in [0.15, 0.2) is 5.78 Å². The minimum Gasteiger partial charge on any atom is -0.469 e. The first-order valence-corrected chi connectivity index (χ1v) is 11.4. The fourth-order valence-corrected chi connectivity index (χ4v) is 8.69. The van der Waals surface area contributed by atoms with Gasteiger partial charge in [0.2, 0.25) is 0 Å². The summed E-state index contributed by atoms with van der Waals surface area (Å²) in [6.07, 6.45) is 7.61. The van der Waals surface area contributed by atoms with E-state index in [1.54, 1.807) is 6.08 Å². The Balaban J connectivity index is 1.49.